The monoisotopic (exact) mass is 682 g/mol. The maximum atomic E-state index is 12.2. The van der Waals surface area contributed by atoms with Crippen molar-refractivity contribution >= 4 is 51.5 Å². The van der Waals surface area contributed by atoms with E-state index >= 15 is 0 Å². The predicted molar refractivity (Wildman–Crippen MR) is 194 cm³/mol. The first kappa shape index (κ1) is 36.1. The lowest BCUT2D eigenvalue weighted by Gasteiger charge is -2.42. The molecular weight excluding hydrogens is 632 g/mol. The highest BCUT2D eigenvalue weighted by Gasteiger charge is 2.37. The summed E-state index contributed by atoms with van der Waals surface area (Å²) in [7, 11) is 0. The molecule has 44 heavy (non-hydrogen) atoms. The Labute approximate surface area is 279 Å². The Morgan fingerprint density at radius 3 is 1.66 bits per heavy atom. The zero-order chi connectivity index (χ0) is 31.8. The molecule has 0 radical (unpaired) electrons. The first-order chi connectivity index (χ1) is 21.3. The number of Topliss-reactive ketones (excluding diaryl/α,β-unsaturated/α-hetero) is 2. The van der Waals surface area contributed by atoms with E-state index in [1.807, 2.05) is 61.5 Å². The van der Waals surface area contributed by atoms with E-state index in [1.54, 1.807) is 6.08 Å². The van der Waals surface area contributed by atoms with Gasteiger partial charge in [-0.2, -0.15) is 12.6 Å². The molecule has 0 unspecified atom stereocenters. The largest absolute Gasteiger partial charge is 0.379 e. The molecule has 0 saturated carbocycles. The fourth-order valence-electron chi connectivity index (χ4n) is 6.34. The van der Waals surface area contributed by atoms with Gasteiger partial charge in [-0.05, 0) is 81.6 Å². The number of nitrogens with zero attached hydrogens (tertiary/aromatic N) is 1. The van der Waals surface area contributed by atoms with Crippen LogP contribution in [0.3, 0.4) is 0 Å². The summed E-state index contributed by atoms with van der Waals surface area (Å²) in [5.74, 6) is 1.50. The average molecular weight is 684 g/mol. The van der Waals surface area contributed by atoms with Crippen molar-refractivity contribution in [2.45, 2.75) is 69.4 Å². The number of piperidine rings is 2. The Bertz CT molecular complexity index is 1220. The SMILES string of the molecule is C=CCBr.C=CCN1CCC2(CCC(=O)c3ccccc3N2)CC1.CCS.O=C1CCC2(CCNCC2)Nc2ccccc21. The number of alkyl halides is 1. The number of hydrogen-bond acceptors (Lipinski definition) is 7. The van der Waals surface area contributed by atoms with Crippen LogP contribution >= 0.6 is 28.6 Å². The molecule has 2 fully saturated rings. The number of carbonyl (C=O) groups is 2. The van der Waals surface area contributed by atoms with Crippen molar-refractivity contribution in [2.75, 3.05) is 54.4 Å². The summed E-state index contributed by atoms with van der Waals surface area (Å²) in [5, 5.41) is 11.6. The van der Waals surface area contributed by atoms with Gasteiger partial charge in [0.2, 0.25) is 0 Å². The second-order valence-corrected chi connectivity index (χ2v) is 13.1. The van der Waals surface area contributed by atoms with Crippen LogP contribution in [0.25, 0.3) is 0 Å². The molecule has 4 aliphatic heterocycles. The Hall–Kier alpha value is -2.39. The van der Waals surface area contributed by atoms with Gasteiger partial charge in [-0.3, -0.25) is 14.5 Å². The summed E-state index contributed by atoms with van der Waals surface area (Å²) >= 11 is 6.92. The zero-order valence-corrected chi connectivity index (χ0v) is 28.9. The first-order valence-electron chi connectivity index (χ1n) is 16.0. The Morgan fingerprint density at radius 1 is 0.795 bits per heavy atom. The van der Waals surface area contributed by atoms with Crippen molar-refractivity contribution in [2.24, 2.45) is 0 Å². The minimum Gasteiger partial charge on any atom is -0.379 e. The van der Waals surface area contributed by atoms with Gasteiger partial charge >= 0.3 is 0 Å². The zero-order valence-electron chi connectivity index (χ0n) is 26.4. The van der Waals surface area contributed by atoms with Gasteiger partial charge in [0.25, 0.3) is 0 Å². The topological polar surface area (TPSA) is 73.5 Å². The molecule has 2 aromatic rings. The molecule has 6 nitrogen and oxygen atoms in total. The van der Waals surface area contributed by atoms with Crippen LogP contribution in [-0.4, -0.2) is 71.4 Å². The molecule has 0 bridgehead atoms. The highest BCUT2D eigenvalue weighted by Crippen LogP contribution is 2.37. The lowest BCUT2D eigenvalue weighted by Crippen LogP contribution is -2.49. The molecule has 0 amide bonds. The van der Waals surface area contributed by atoms with Gasteiger partial charge in [0, 0.05) is 71.4 Å². The highest BCUT2D eigenvalue weighted by atomic mass is 79.9. The van der Waals surface area contributed by atoms with Gasteiger partial charge in [-0.1, -0.05) is 59.3 Å². The van der Waals surface area contributed by atoms with Crippen LogP contribution in [-0.2, 0) is 0 Å². The number of nitrogens with one attached hydrogen (secondary N) is 3. The van der Waals surface area contributed by atoms with E-state index in [4.69, 9.17) is 0 Å². The standard InChI is InChI=1S/C17H22N2O.C14H18N2O.C3H5Br.C2H6S/c1-2-11-19-12-9-17(10-13-19)8-7-16(20)14-5-3-4-6-15(14)18-17;17-13-5-6-14(7-9-15-10-8-14)16-12-4-2-1-3-11(12)13;1-2-3-4;1-2-3/h2-6,18H,1,7-13H2;1-4,15-16H,5-10H2;2H,1,3H2;3H,2H2,1H3. The molecule has 2 saturated heterocycles. The Balaban J connectivity index is 0.000000201. The van der Waals surface area contributed by atoms with E-state index in [-0.39, 0.29) is 22.6 Å². The lowest BCUT2D eigenvalue weighted by molar-refractivity contribution is 0.0962. The van der Waals surface area contributed by atoms with Crippen molar-refractivity contribution in [3.05, 3.63) is 85.0 Å². The van der Waals surface area contributed by atoms with Crippen LogP contribution in [0.2, 0.25) is 0 Å². The molecule has 8 heteroatoms. The molecule has 2 spiro atoms. The van der Waals surface area contributed by atoms with Gasteiger partial charge in [-0.15, -0.1) is 13.2 Å². The van der Waals surface area contributed by atoms with Crippen molar-refractivity contribution < 1.29 is 9.59 Å². The third-order valence-corrected chi connectivity index (χ3v) is 9.24. The Morgan fingerprint density at radius 2 is 1.23 bits per heavy atom. The van der Waals surface area contributed by atoms with Crippen LogP contribution in [0, 0.1) is 0 Å². The molecule has 240 valence electrons. The summed E-state index contributed by atoms with van der Waals surface area (Å²) in [4.78, 5) is 26.7. The Kier molecular flexibility index (Phi) is 15.2. The van der Waals surface area contributed by atoms with E-state index in [1.165, 1.54) is 0 Å². The van der Waals surface area contributed by atoms with Crippen molar-refractivity contribution in [3.63, 3.8) is 0 Å². The smallest absolute Gasteiger partial charge is 0.165 e. The maximum Gasteiger partial charge on any atom is 0.165 e. The summed E-state index contributed by atoms with van der Waals surface area (Å²) in [6.45, 7) is 14.4. The van der Waals surface area contributed by atoms with E-state index < -0.39 is 0 Å². The number of halogens is 1. The molecule has 0 aliphatic carbocycles. The number of anilines is 2. The average Bonchev–Trinajstić information content (AvgIpc) is 3.27. The first-order valence-corrected chi connectivity index (χ1v) is 17.7. The van der Waals surface area contributed by atoms with E-state index in [0.717, 1.165) is 105 Å². The third kappa shape index (κ3) is 10.3. The second-order valence-electron chi connectivity index (χ2n) is 11.8. The van der Waals surface area contributed by atoms with E-state index in [9.17, 15) is 9.59 Å². The van der Waals surface area contributed by atoms with Crippen LogP contribution in [0.15, 0.2) is 73.8 Å². The molecule has 3 N–H and O–H groups in total. The number of fused-ring (bicyclic) bond motifs is 2. The molecule has 0 atom stereocenters. The van der Waals surface area contributed by atoms with Gasteiger partial charge in [0.1, 0.15) is 0 Å². The van der Waals surface area contributed by atoms with Crippen molar-refractivity contribution in [3.8, 4) is 0 Å². The molecule has 4 heterocycles. The third-order valence-electron chi connectivity index (χ3n) is 8.79. The molecule has 2 aromatic carbocycles. The quantitative estimate of drug-likeness (QED) is 0.150. The summed E-state index contributed by atoms with van der Waals surface area (Å²) in [6, 6.07) is 15.8. The van der Waals surface area contributed by atoms with Gasteiger partial charge in [-0.25, -0.2) is 0 Å². The second kappa shape index (κ2) is 18.5. The maximum absolute atomic E-state index is 12.2. The summed E-state index contributed by atoms with van der Waals surface area (Å²) < 4.78 is 0. The van der Waals surface area contributed by atoms with Gasteiger partial charge < -0.3 is 16.0 Å². The minimum atomic E-state index is 0.0972. The van der Waals surface area contributed by atoms with E-state index in [0.29, 0.717) is 12.8 Å². The van der Waals surface area contributed by atoms with Crippen molar-refractivity contribution in [1.82, 2.24) is 10.2 Å². The lowest BCUT2D eigenvalue weighted by atomic mass is 9.83. The number of para-hydroxylation sites is 2. The van der Waals surface area contributed by atoms with E-state index in [2.05, 4.69) is 62.6 Å². The number of hydrogen-bond donors (Lipinski definition) is 4. The normalized spacial score (nSPS) is 19.7. The molecule has 0 aromatic heterocycles. The number of rotatable bonds is 3. The molecular formula is C36H51BrN4O2S. The number of allylic oxidation sites excluding steroid dienone is 1. The predicted octanol–water partition coefficient (Wildman–Crippen LogP) is 7.80. The van der Waals surface area contributed by atoms with Crippen LogP contribution in [0.1, 0.15) is 79.0 Å². The number of thiol groups is 1. The molecule has 6 rings (SSSR count). The summed E-state index contributed by atoms with van der Waals surface area (Å²) in [6.07, 6.45) is 11.4. The van der Waals surface area contributed by atoms with Crippen LogP contribution in [0.5, 0.6) is 0 Å². The van der Waals surface area contributed by atoms with Crippen molar-refractivity contribution in [1.29, 1.82) is 0 Å². The van der Waals surface area contributed by atoms with Crippen LogP contribution < -0.4 is 16.0 Å². The number of benzene rings is 2. The molecule has 4 aliphatic rings. The number of ketones is 2. The van der Waals surface area contributed by atoms with Gasteiger partial charge in [0.05, 0.1) is 0 Å². The summed E-state index contributed by atoms with van der Waals surface area (Å²) in [5.41, 5.74) is 4.00. The number of likely N-dealkylation sites (tertiary alicyclic amines) is 1. The fraction of sp³-hybridized carbons (Fsp3) is 0.500. The highest BCUT2D eigenvalue weighted by molar-refractivity contribution is 9.09. The number of carbonyl (C=O) groups excluding carboxylic acids is 2. The minimum absolute atomic E-state index is 0.0972. The van der Waals surface area contributed by atoms with Crippen LogP contribution in [0.4, 0.5) is 11.4 Å². The fourth-order valence-corrected chi connectivity index (χ4v) is 6.34. The van der Waals surface area contributed by atoms with Gasteiger partial charge in [0.15, 0.2) is 11.6 Å².